The van der Waals surface area contributed by atoms with E-state index in [1.807, 2.05) is 6.07 Å². The second-order valence-electron chi connectivity index (χ2n) is 3.66. The maximum absolute atomic E-state index is 13.0. The van der Waals surface area contributed by atoms with Gasteiger partial charge in [0.2, 0.25) is 0 Å². The number of halogens is 1. The molecule has 0 saturated heterocycles. The number of benzene rings is 1. The van der Waals surface area contributed by atoms with Crippen molar-refractivity contribution in [1.29, 1.82) is 0 Å². The molecule has 2 aromatic rings. The van der Waals surface area contributed by atoms with Crippen LogP contribution in [0.3, 0.4) is 0 Å². The summed E-state index contributed by atoms with van der Waals surface area (Å²) < 4.78 is 13.0. The standard InChI is InChI=1S/C12H13FN4/c13-10-4-1-3-9(7-10)8-11(17-14)12-15-5-2-6-16-12/h1-7,11,17H,8,14H2. The molecule has 1 unspecified atom stereocenters. The summed E-state index contributed by atoms with van der Waals surface area (Å²) in [5, 5.41) is 0. The Morgan fingerprint density at radius 2 is 2.00 bits per heavy atom. The smallest absolute Gasteiger partial charge is 0.146 e. The van der Waals surface area contributed by atoms with E-state index in [0.29, 0.717) is 12.2 Å². The van der Waals surface area contributed by atoms with E-state index < -0.39 is 0 Å². The molecule has 0 bridgehead atoms. The van der Waals surface area contributed by atoms with Crippen LogP contribution in [0.4, 0.5) is 4.39 Å². The minimum Gasteiger partial charge on any atom is -0.271 e. The van der Waals surface area contributed by atoms with Gasteiger partial charge in [-0.3, -0.25) is 5.84 Å². The Labute approximate surface area is 98.7 Å². The summed E-state index contributed by atoms with van der Waals surface area (Å²) >= 11 is 0. The molecule has 1 aromatic heterocycles. The Kier molecular flexibility index (Phi) is 3.74. The quantitative estimate of drug-likeness (QED) is 0.617. The van der Waals surface area contributed by atoms with Gasteiger partial charge in [-0.15, -0.1) is 0 Å². The van der Waals surface area contributed by atoms with Crippen LogP contribution in [0.5, 0.6) is 0 Å². The molecule has 2 rings (SSSR count). The van der Waals surface area contributed by atoms with Gasteiger partial charge in [0, 0.05) is 12.4 Å². The average molecular weight is 232 g/mol. The van der Waals surface area contributed by atoms with Crippen LogP contribution in [0, 0.1) is 5.82 Å². The minimum atomic E-state index is -0.257. The topological polar surface area (TPSA) is 63.8 Å². The lowest BCUT2D eigenvalue weighted by Crippen LogP contribution is -2.30. The molecule has 0 amide bonds. The first kappa shape index (κ1) is 11.6. The zero-order valence-electron chi connectivity index (χ0n) is 9.18. The van der Waals surface area contributed by atoms with Gasteiger partial charge in [0.1, 0.15) is 11.6 Å². The fraction of sp³-hybridized carbons (Fsp3) is 0.167. The largest absolute Gasteiger partial charge is 0.271 e. The number of nitrogens with one attached hydrogen (secondary N) is 1. The molecule has 17 heavy (non-hydrogen) atoms. The SMILES string of the molecule is NNC(Cc1cccc(F)c1)c1ncccn1. The van der Waals surface area contributed by atoms with E-state index in [-0.39, 0.29) is 11.9 Å². The number of rotatable bonds is 4. The molecule has 1 heterocycles. The fourth-order valence-corrected chi connectivity index (χ4v) is 1.61. The summed E-state index contributed by atoms with van der Waals surface area (Å²) in [7, 11) is 0. The molecule has 0 saturated carbocycles. The summed E-state index contributed by atoms with van der Waals surface area (Å²) in [5.74, 6) is 5.81. The van der Waals surface area contributed by atoms with Crippen molar-refractivity contribution in [3.05, 3.63) is 59.9 Å². The summed E-state index contributed by atoms with van der Waals surface area (Å²) in [6.07, 6.45) is 3.84. The second kappa shape index (κ2) is 5.47. The van der Waals surface area contributed by atoms with E-state index in [2.05, 4.69) is 15.4 Å². The summed E-state index contributed by atoms with van der Waals surface area (Å²) in [6.45, 7) is 0. The number of hydrazine groups is 1. The van der Waals surface area contributed by atoms with Gasteiger partial charge in [-0.05, 0) is 30.2 Å². The van der Waals surface area contributed by atoms with Crippen LogP contribution >= 0.6 is 0 Å². The van der Waals surface area contributed by atoms with Crippen LogP contribution in [0.15, 0.2) is 42.7 Å². The molecule has 4 nitrogen and oxygen atoms in total. The van der Waals surface area contributed by atoms with E-state index >= 15 is 0 Å². The second-order valence-corrected chi connectivity index (χ2v) is 3.66. The summed E-state index contributed by atoms with van der Waals surface area (Å²) in [5.41, 5.74) is 3.49. The Bertz CT molecular complexity index is 475. The first-order valence-corrected chi connectivity index (χ1v) is 5.27. The molecule has 1 aromatic carbocycles. The van der Waals surface area contributed by atoms with Crippen LogP contribution in [0.25, 0.3) is 0 Å². The Balaban J connectivity index is 2.16. The number of nitrogens with zero attached hydrogens (tertiary/aromatic N) is 2. The zero-order valence-corrected chi connectivity index (χ0v) is 9.18. The molecule has 0 radical (unpaired) electrons. The molecular weight excluding hydrogens is 219 g/mol. The third-order valence-corrected chi connectivity index (χ3v) is 2.43. The van der Waals surface area contributed by atoms with Gasteiger partial charge in [-0.25, -0.2) is 19.8 Å². The Hall–Kier alpha value is -1.85. The maximum Gasteiger partial charge on any atom is 0.146 e. The van der Waals surface area contributed by atoms with Crippen molar-refractivity contribution < 1.29 is 4.39 Å². The fourth-order valence-electron chi connectivity index (χ4n) is 1.61. The monoisotopic (exact) mass is 232 g/mol. The third kappa shape index (κ3) is 3.05. The van der Waals surface area contributed by atoms with E-state index in [1.54, 1.807) is 24.5 Å². The van der Waals surface area contributed by atoms with Crippen molar-refractivity contribution in [1.82, 2.24) is 15.4 Å². The molecule has 88 valence electrons. The van der Waals surface area contributed by atoms with Gasteiger partial charge in [0.15, 0.2) is 0 Å². The molecule has 3 N–H and O–H groups in total. The van der Waals surface area contributed by atoms with Gasteiger partial charge in [-0.2, -0.15) is 0 Å². The molecule has 0 fully saturated rings. The summed E-state index contributed by atoms with van der Waals surface area (Å²) in [6, 6.07) is 7.92. The molecule has 0 aliphatic rings. The number of hydrogen-bond donors (Lipinski definition) is 2. The zero-order chi connectivity index (χ0) is 12.1. The molecule has 0 aliphatic carbocycles. The molecule has 5 heteroatoms. The summed E-state index contributed by atoms with van der Waals surface area (Å²) in [4.78, 5) is 8.24. The van der Waals surface area contributed by atoms with Crippen molar-refractivity contribution >= 4 is 0 Å². The van der Waals surface area contributed by atoms with Gasteiger partial charge in [0.05, 0.1) is 6.04 Å². The molecular formula is C12H13FN4. The molecule has 1 atom stereocenters. The highest BCUT2D eigenvalue weighted by molar-refractivity contribution is 5.18. The van der Waals surface area contributed by atoms with E-state index in [0.717, 1.165) is 5.56 Å². The lowest BCUT2D eigenvalue weighted by Gasteiger charge is -2.14. The van der Waals surface area contributed by atoms with Crippen LogP contribution in [-0.4, -0.2) is 9.97 Å². The van der Waals surface area contributed by atoms with E-state index in [4.69, 9.17) is 5.84 Å². The highest BCUT2D eigenvalue weighted by atomic mass is 19.1. The number of aromatic nitrogens is 2. The lowest BCUT2D eigenvalue weighted by atomic mass is 10.1. The van der Waals surface area contributed by atoms with E-state index in [9.17, 15) is 4.39 Å². The van der Waals surface area contributed by atoms with Gasteiger partial charge in [0.25, 0.3) is 0 Å². The molecule has 0 aliphatic heterocycles. The first-order chi connectivity index (χ1) is 8.29. The van der Waals surface area contributed by atoms with Crippen molar-refractivity contribution in [2.24, 2.45) is 5.84 Å². The van der Waals surface area contributed by atoms with Crippen LogP contribution in [0.2, 0.25) is 0 Å². The lowest BCUT2D eigenvalue weighted by molar-refractivity contribution is 0.520. The first-order valence-electron chi connectivity index (χ1n) is 5.27. The highest BCUT2D eigenvalue weighted by Crippen LogP contribution is 2.14. The van der Waals surface area contributed by atoms with Crippen LogP contribution in [-0.2, 0) is 6.42 Å². The minimum absolute atomic E-state index is 0.224. The normalized spacial score (nSPS) is 12.4. The van der Waals surface area contributed by atoms with Gasteiger partial charge >= 0.3 is 0 Å². The Morgan fingerprint density at radius 1 is 1.24 bits per heavy atom. The van der Waals surface area contributed by atoms with Gasteiger partial charge in [-0.1, -0.05) is 12.1 Å². The van der Waals surface area contributed by atoms with Crippen molar-refractivity contribution in [3.8, 4) is 0 Å². The number of nitrogens with two attached hydrogens (primary N) is 1. The Morgan fingerprint density at radius 3 is 2.65 bits per heavy atom. The predicted octanol–water partition coefficient (Wildman–Crippen LogP) is 1.36. The van der Waals surface area contributed by atoms with Crippen molar-refractivity contribution in [3.63, 3.8) is 0 Å². The predicted molar refractivity (Wildman–Crippen MR) is 62.2 cm³/mol. The van der Waals surface area contributed by atoms with Gasteiger partial charge < -0.3 is 0 Å². The van der Waals surface area contributed by atoms with Crippen molar-refractivity contribution in [2.75, 3.05) is 0 Å². The molecule has 0 spiro atoms. The van der Waals surface area contributed by atoms with E-state index in [1.165, 1.54) is 12.1 Å². The van der Waals surface area contributed by atoms with Crippen LogP contribution < -0.4 is 11.3 Å². The maximum atomic E-state index is 13.0. The number of hydrogen-bond acceptors (Lipinski definition) is 4. The van der Waals surface area contributed by atoms with Crippen LogP contribution in [0.1, 0.15) is 17.4 Å². The van der Waals surface area contributed by atoms with Crippen molar-refractivity contribution in [2.45, 2.75) is 12.5 Å². The average Bonchev–Trinajstić information content (AvgIpc) is 2.37. The highest BCUT2D eigenvalue weighted by Gasteiger charge is 2.13. The third-order valence-electron chi connectivity index (χ3n) is 2.43.